The molecular weight excluding hydrogens is 321 g/mol. The van der Waals surface area contributed by atoms with E-state index >= 15 is 0 Å². The molecule has 0 aliphatic rings. The summed E-state index contributed by atoms with van der Waals surface area (Å²) in [5.41, 5.74) is -1.34. The molecule has 0 aliphatic carbocycles. The molecule has 0 spiro atoms. The van der Waals surface area contributed by atoms with E-state index in [1.165, 1.54) is 13.0 Å². The second kappa shape index (κ2) is 7.39. The van der Waals surface area contributed by atoms with Crippen LogP contribution in [0.5, 0.6) is 0 Å². The van der Waals surface area contributed by atoms with Gasteiger partial charge in [-0.15, -0.1) is 6.58 Å². The van der Waals surface area contributed by atoms with Crippen molar-refractivity contribution in [1.82, 2.24) is 4.98 Å². The first-order valence-electron chi connectivity index (χ1n) is 6.42. The van der Waals surface area contributed by atoms with E-state index in [0.717, 1.165) is 4.90 Å². The minimum atomic E-state index is -4.81. The van der Waals surface area contributed by atoms with Gasteiger partial charge in [0.25, 0.3) is 0 Å². The summed E-state index contributed by atoms with van der Waals surface area (Å²) in [6.45, 7) is 6.45. The average molecular weight is 336 g/mol. The SMILES string of the molecule is C=CCN(C(=O)CC)c1nc(C(F)(F)F)c(C(=O)OCC)s1. The van der Waals surface area contributed by atoms with Crippen LogP contribution in [0.4, 0.5) is 18.3 Å². The highest BCUT2D eigenvalue weighted by molar-refractivity contribution is 7.17. The van der Waals surface area contributed by atoms with Crippen LogP contribution in [0.3, 0.4) is 0 Å². The number of rotatable bonds is 6. The number of anilines is 1. The van der Waals surface area contributed by atoms with Crippen LogP contribution < -0.4 is 4.90 Å². The number of hydrogen-bond acceptors (Lipinski definition) is 5. The Morgan fingerprint density at radius 2 is 2.05 bits per heavy atom. The van der Waals surface area contributed by atoms with Crippen molar-refractivity contribution in [3.8, 4) is 0 Å². The van der Waals surface area contributed by atoms with E-state index in [9.17, 15) is 22.8 Å². The molecule has 0 aliphatic heterocycles. The topological polar surface area (TPSA) is 59.5 Å². The minimum absolute atomic E-state index is 0.000249. The van der Waals surface area contributed by atoms with Gasteiger partial charge in [0.2, 0.25) is 5.91 Å². The highest BCUT2D eigenvalue weighted by atomic mass is 32.1. The zero-order valence-corrected chi connectivity index (χ0v) is 12.9. The molecule has 1 amide bonds. The lowest BCUT2D eigenvalue weighted by Gasteiger charge is -2.16. The number of ether oxygens (including phenoxy) is 1. The average Bonchev–Trinajstić information content (AvgIpc) is 2.89. The van der Waals surface area contributed by atoms with Gasteiger partial charge >= 0.3 is 12.1 Å². The lowest BCUT2D eigenvalue weighted by atomic mass is 10.3. The van der Waals surface area contributed by atoms with Crippen molar-refractivity contribution < 1.29 is 27.5 Å². The first-order chi connectivity index (χ1) is 10.3. The third-order valence-electron chi connectivity index (χ3n) is 2.49. The first-order valence-corrected chi connectivity index (χ1v) is 7.24. The number of nitrogens with zero attached hydrogens (tertiary/aromatic N) is 2. The zero-order valence-electron chi connectivity index (χ0n) is 12.1. The van der Waals surface area contributed by atoms with Crippen molar-refractivity contribution in [2.45, 2.75) is 26.4 Å². The molecule has 0 unspecified atom stereocenters. The maximum Gasteiger partial charge on any atom is 0.435 e. The third-order valence-corrected chi connectivity index (χ3v) is 3.55. The molecule has 1 aromatic rings. The van der Waals surface area contributed by atoms with Crippen molar-refractivity contribution in [1.29, 1.82) is 0 Å². The summed E-state index contributed by atoms with van der Waals surface area (Å²) in [6, 6.07) is 0. The Balaban J connectivity index is 3.35. The number of thiazole rings is 1. The van der Waals surface area contributed by atoms with Crippen LogP contribution in [0.1, 0.15) is 35.6 Å². The van der Waals surface area contributed by atoms with Gasteiger partial charge in [-0.2, -0.15) is 13.2 Å². The van der Waals surface area contributed by atoms with Gasteiger partial charge < -0.3 is 4.74 Å². The quantitative estimate of drug-likeness (QED) is 0.591. The molecule has 0 bridgehead atoms. The van der Waals surface area contributed by atoms with E-state index in [1.54, 1.807) is 6.92 Å². The fourth-order valence-electron chi connectivity index (χ4n) is 1.56. The number of esters is 1. The second-order valence-electron chi connectivity index (χ2n) is 4.04. The van der Waals surface area contributed by atoms with Gasteiger partial charge in [-0.1, -0.05) is 24.3 Å². The van der Waals surface area contributed by atoms with Crippen molar-refractivity contribution >= 4 is 28.3 Å². The first kappa shape index (κ1) is 18.1. The smallest absolute Gasteiger partial charge is 0.435 e. The standard InChI is InChI=1S/C13H15F3N2O3S/c1-4-7-18(8(19)5-2)12-17-10(13(14,15)16)9(22-12)11(20)21-6-3/h4H,1,5-7H2,2-3H3. The number of hydrogen-bond donors (Lipinski definition) is 0. The predicted molar refractivity (Wildman–Crippen MR) is 75.9 cm³/mol. The highest BCUT2D eigenvalue weighted by Gasteiger charge is 2.41. The molecule has 0 atom stereocenters. The van der Waals surface area contributed by atoms with Crippen LogP contribution in [0.15, 0.2) is 12.7 Å². The second-order valence-corrected chi connectivity index (χ2v) is 5.02. The number of aromatic nitrogens is 1. The summed E-state index contributed by atoms with van der Waals surface area (Å²) < 4.78 is 43.6. The van der Waals surface area contributed by atoms with Gasteiger partial charge in [0.15, 0.2) is 10.8 Å². The van der Waals surface area contributed by atoms with E-state index in [2.05, 4.69) is 16.3 Å². The van der Waals surface area contributed by atoms with Gasteiger partial charge in [0.1, 0.15) is 4.88 Å². The molecule has 5 nitrogen and oxygen atoms in total. The molecule has 22 heavy (non-hydrogen) atoms. The lowest BCUT2D eigenvalue weighted by Crippen LogP contribution is -2.30. The monoisotopic (exact) mass is 336 g/mol. The molecule has 0 radical (unpaired) electrons. The molecule has 122 valence electrons. The van der Waals surface area contributed by atoms with E-state index < -0.39 is 28.6 Å². The molecular formula is C13H15F3N2O3S. The van der Waals surface area contributed by atoms with E-state index in [4.69, 9.17) is 0 Å². The van der Waals surface area contributed by atoms with Crippen LogP contribution in [-0.2, 0) is 15.7 Å². The number of alkyl halides is 3. The van der Waals surface area contributed by atoms with Gasteiger partial charge in [-0.05, 0) is 6.92 Å². The van der Waals surface area contributed by atoms with Crippen molar-refractivity contribution in [2.75, 3.05) is 18.1 Å². The Kier molecular flexibility index (Phi) is 6.10. The molecule has 0 aromatic carbocycles. The third kappa shape index (κ3) is 4.06. The largest absolute Gasteiger partial charge is 0.462 e. The number of amides is 1. The Morgan fingerprint density at radius 1 is 1.41 bits per heavy atom. The molecule has 0 N–H and O–H groups in total. The maximum atomic E-state index is 13.0. The Morgan fingerprint density at radius 3 is 2.50 bits per heavy atom. The fraction of sp³-hybridized carbons (Fsp3) is 0.462. The molecule has 1 heterocycles. The zero-order chi connectivity index (χ0) is 16.9. The fourth-order valence-corrected chi connectivity index (χ4v) is 2.56. The van der Waals surface area contributed by atoms with E-state index in [-0.39, 0.29) is 24.7 Å². The molecule has 1 rings (SSSR count). The molecule has 0 saturated heterocycles. The van der Waals surface area contributed by atoms with Gasteiger partial charge in [-0.3, -0.25) is 9.69 Å². The van der Waals surface area contributed by atoms with E-state index in [0.29, 0.717) is 11.3 Å². The lowest BCUT2D eigenvalue weighted by molar-refractivity contribution is -0.141. The summed E-state index contributed by atoms with van der Waals surface area (Å²) in [7, 11) is 0. The summed E-state index contributed by atoms with van der Waals surface area (Å²) in [5.74, 6) is -1.53. The number of halogens is 3. The van der Waals surface area contributed by atoms with Crippen LogP contribution in [0.2, 0.25) is 0 Å². The predicted octanol–water partition coefficient (Wildman–Crippen LogP) is 3.27. The minimum Gasteiger partial charge on any atom is -0.462 e. The molecule has 0 fully saturated rings. The van der Waals surface area contributed by atoms with Crippen molar-refractivity contribution in [2.24, 2.45) is 0 Å². The summed E-state index contributed by atoms with van der Waals surface area (Å²) in [6.07, 6.45) is -3.36. The van der Waals surface area contributed by atoms with E-state index in [1.807, 2.05) is 0 Å². The summed E-state index contributed by atoms with van der Waals surface area (Å²) >= 11 is 0.478. The van der Waals surface area contributed by atoms with Crippen LogP contribution in [0, 0.1) is 0 Å². The number of carbonyl (C=O) groups is 2. The molecule has 9 heteroatoms. The van der Waals surface area contributed by atoms with Crippen molar-refractivity contribution in [3.63, 3.8) is 0 Å². The van der Waals surface area contributed by atoms with Gasteiger partial charge in [-0.25, -0.2) is 9.78 Å². The van der Waals surface area contributed by atoms with Crippen molar-refractivity contribution in [3.05, 3.63) is 23.2 Å². The van der Waals surface area contributed by atoms with Gasteiger partial charge in [0, 0.05) is 13.0 Å². The maximum absolute atomic E-state index is 13.0. The normalized spacial score (nSPS) is 11.1. The number of carbonyl (C=O) groups excluding carboxylic acids is 2. The Labute approximate surface area is 129 Å². The Bertz CT molecular complexity index is 569. The van der Waals surface area contributed by atoms with Crippen LogP contribution >= 0.6 is 11.3 Å². The van der Waals surface area contributed by atoms with Crippen LogP contribution in [0.25, 0.3) is 0 Å². The summed E-state index contributed by atoms with van der Waals surface area (Å²) in [4.78, 5) is 27.3. The molecule has 0 saturated carbocycles. The van der Waals surface area contributed by atoms with Crippen LogP contribution in [-0.4, -0.2) is 30.0 Å². The Hall–Kier alpha value is -1.90. The summed E-state index contributed by atoms with van der Waals surface area (Å²) in [5, 5.41) is -0.206. The highest BCUT2D eigenvalue weighted by Crippen LogP contribution is 2.38. The molecule has 1 aromatic heterocycles. The van der Waals surface area contributed by atoms with Gasteiger partial charge in [0.05, 0.1) is 6.61 Å².